The van der Waals surface area contributed by atoms with E-state index >= 15 is 0 Å². The standard InChI is InChI=1S/C31H28N2O5S/c1-20-29(39-30(32-20)23-11-7-4-8-12-23)27(34)25-26(33(17-18-37-2)31(36)28(25)35)22-13-15-24(16-14-22)38-19-21-9-5-3-6-10-21/h3-16,26,35H,17-19H2,1-2H3. The molecule has 1 N–H and O–H groups in total. The first-order valence-corrected chi connectivity index (χ1v) is 13.4. The molecule has 7 nitrogen and oxygen atoms in total. The summed E-state index contributed by atoms with van der Waals surface area (Å²) in [6.45, 7) is 2.65. The Hall–Kier alpha value is -4.27. The average molecular weight is 541 g/mol. The molecule has 4 aromatic rings. The zero-order chi connectivity index (χ0) is 27.4. The highest BCUT2D eigenvalue weighted by atomic mass is 32.1. The topological polar surface area (TPSA) is 89.0 Å². The van der Waals surface area contributed by atoms with Gasteiger partial charge in [0.15, 0.2) is 5.76 Å². The molecule has 1 aromatic heterocycles. The number of aliphatic hydroxyl groups is 1. The molecule has 0 fully saturated rings. The van der Waals surface area contributed by atoms with E-state index in [-0.39, 0.29) is 18.7 Å². The second kappa shape index (κ2) is 11.6. The minimum Gasteiger partial charge on any atom is -0.503 e. The van der Waals surface area contributed by atoms with Crippen LogP contribution in [-0.4, -0.2) is 46.9 Å². The highest BCUT2D eigenvalue weighted by Gasteiger charge is 2.44. The highest BCUT2D eigenvalue weighted by Crippen LogP contribution is 2.41. The smallest absolute Gasteiger partial charge is 0.290 e. The minimum atomic E-state index is -0.773. The van der Waals surface area contributed by atoms with Crippen LogP contribution in [0, 0.1) is 6.92 Å². The summed E-state index contributed by atoms with van der Waals surface area (Å²) < 4.78 is 11.1. The lowest BCUT2D eigenvalue weighted by Gasteiger charge is -2.26. The van der Waals surface area contributed by atoms with Crippen LogP contribution in [0.1, 0.15) is 32.5 Å². The summed E-state index contributed by atoms with van der Waals surface area (Å²) in [4.78, 5) is 33.5. The SMILES string of the molecule is COCCN1C(=O)C(O)=C(C(=O)c2sc(-c3ccccc3)nc2C)C1c1ccc(OCc2ccccc2)cc1. The van der Waals surface area contributed by atoms with Crippen molar-refractivity contribution in [1.82, 2.24) is 9.88 Å². The number of thiazole rings is 1. The van der Waals surface area contributed by atoms with Crippen molar-refractivity contribution in [2.75, 3.05) is 20.3 Å². The Morgan fingerprint density at radius 1 is 1.00 bits per heavy atom. The van der Waals surface area contributed by atoms with Crippen molar-refractivity contribution in [1.29, 1.82) is 0 Å². The number of benzene rings is 3. The summed E-state index contributed by atoms with van der Waals surface area (Å²) in [5.41, 5.74) is 3.22. The minimum absolute atomic E-state index is 0.0421. The fourth-order valence-electron chi connectivity index (χ4n) is 4.57. The van der Waals surface area contributed by atoms with Crippen LogP contribution in [0.5, 0.6) is 5.75 Å². The monoisotopic (exact) mass is 540 g/mol. The molecular weight excluding hydrogens is 512 g/mol. The van der Waals surface area contributed by atoms with E-state index in [0.29, 0.717) is 33.5 Å². The first-order valence-electron chi connectivity index (χ1n) is 12.5. The Bertz CT molecular complexity index is 1500. The second-order valence-electron chi connectivity index (χ2n) is 9.13. The summed E-state index contributed by atoms with van der Waals surface area (Å²) in [6, 6.07) is 25.9. The molecule has 1 aliphatic heterocycles. The number of aromatic nitrogens is 1. The maximum Gasteiger partial charge on any atom is 0.290 e. The summed E-state index contributed by atoms with van der Waals surface area (Å²) >= 11 is 1.25. The Morgan fingerprint density at radius 2 is 1.67 bits per heavy atom. The largest absolute Gasteiger partial charge is 0.503 e. The number of hydrogen-bond donors (Lipinski definition) is 1. The molecule has 8 heteroatoms. The fourth-order valence-corrected chi connectivity index (χ4v) is 5.60. The molecule has 1 amide bonds. The third-order valence-electron chi connectivity index (χ3n) is 6.55. The maximum absolute atomic E-state index is 13.9. The van der Waals surface area contributed by atoms with E-state index in [4.69, 9.17) is 9.47 Å². The quantitative estimate of drug-likeness (QED) is 0.251. The Labute approximate surface area is 231 Å². The van der Waals surface area contributed by atoms with Crippen molar-refractivity contribution in [3.63, 3.8) is 0 Å². The van der Waals surface area contributed by atoms with Crippen LogP contribution >= 0.6 is 11.3 Å². The third kappa shape index (κ3) is 5.48. The van der Waals surface area contributed by atoms with Gasteiger partial charge in [-0.15, -0.1) is 11.3 Å². The number of ether oxygens (including phenoxy) is 2. The zero-order valence-corrected chi connectivity index (χ0v) is 22.5. The van der Waals surface area contributed by atoms with Crippen molar-refractivity contribution in [2.24, 2.45) is 0 Å². The fraction of sp³-hybridized carbons (Fsp3) is 0.194. The normalized spacial score (nSPS) is 15.2. The van der Waals surface area contributed by atoms with Gasteiger partial charge in [-0.3, -0.25) is 9.59 Å². The Balaban J connectivity index is 1.46. The number of carbonyl (C=O) groups excluding carboxylic acids is 2. The van der Waals surface area contributed by atoms with Crippen LogP contribution in [0.4, 0.5) is 0 Å². The summed E-state index contributed by atoms with van der Waals surface area (Å²) in [6.07, 6.45) is 0. The number of hydrogen-bond acceptors (Lipinski definition) is 7. The van der Waals surface area contributed by atoms with Gasteiger partial charge in [0.05, 0.1) is 28.8 Å². The van der Waals surface area contributed by atoms with Crippen molar-refractivity contribution in [3.05, 3.63) is 118 Å². The molecule has 1 atom stereocenters. The van der Waals surface area contributed by atoms with Gasteiger partial charge in [-0.1, -0.05) is 72.8 Å². The van der Waals surface area contributed by atoms with Gasteiger partial charge in [-0.2, -0.15) is 0 Å². The van der Waals surface area contributed by atoms with Gasteiger partial charge in [0, 0.05) is 19.2 Å². The molecule has 1 unspecified atom stereocenters. The Kier molecular flexibility index (Phi) is 7.86. The van der Waals surface area contributed by atoms with Gasteiger partial charge in [-0.05, 0) is 30.2 Å². The lowest BCUT2D eigenvalue weighted by molar-refractivity contribution is -0.130. The third-order valence-corrected chi connectivity index (χ3v) is 7.76. The highest BCUT2D eigenvalue weighted by molar-refractivity contribution is 7.17. The van der Waals surface area contributed by atoms with Gasteiger partial charge in [0.1, 0.15) is 17.4 Å². The second-order valence-corrected chi connectivity index (χ2v) is 10.1. The van der Waals surface area contributed by atoms with E-state index in [0.717, 1.165) is 11.1 Å². The van der Waals surface area contributed by atoms with E-state index in [9.17, 15) is 14.7 Å². The molecule has 5 rings (SSSR count). The van der Waals surface area contributed by atoms with Crippen LogP contribution in [0.2, 0.25) is 0 Å². The van der Waals surface area contributed by atoms with E-state index in [1.54, 1.807) is 26.2 Å². The van der Waals surface area contributed by atoms with Crippen molar-refractivity contribution in [2.45, 2.75) is 19.6 Å². The molecule has 0 spiro atoms. The number of methoxy groups -OCH3 is 1. The van der Waals surface area contributed by atoms with Crippen LogP contribution in [-0.2, 0) is 16.1 Å². The number of nitrogens with zero attached hydrogens (tertiary/aromatic N) is 2. The first-order chi connectivity index (χ1) is 19.0. The van der Waals surface area contributed by atoms with Gasteiger partial charge in [0.25, 0.3) is 5.91 Å². The molecule has 0 bridgehead atoms. The summed E-state index contributed by atoms with van der Waals surface area (Å²) in [7, 11) is 1.54. The lowest BCUT2D eigenvalue weighted by atomic mass is 9.95. The van der Waals surface area contributed by atoms with Crippen molar-refractivity contribution < 1.29 is 24.2 Å². The van der Waals surface area contributed by atoms with E-state index in [1.807, 2.05) is 72.8 Å². The van der Waals surface area contributed by atoms with E-state index < -0.39 is 23.5 Å². The van der Waals surface area contributed by atoms with Crippen molar-refractivity contribution >= 4 is 23.0 Å². The maximum atomic E-state index is 13.9. The van der Waals surface area contributed by atoms with Crippen molar-refractivity contribution in [3.8, 4) is 16.3 Å². The molecule has 198 valence electrons. The zero-order valence-electron chi connectivity index (χ0n) is 21.7. The van der Waals surface area contributed by atoms with E-state index in [2.05, 4.69) is 4.98 Å². The molecule has 39 heavy (non-hydrogen) atoms. The average Bonchev–Trinajstić information content (AvgIpc) is 3.48. The number of aryl methyl sites for hydroxylation is 1. The van der Waals surface area contributed by atoms with Gasteiger partial charge >= 0.3 is 0 Å². The summed E-state index contributed by atoms with van der Waals surface area (Å²) in [5, 5.41) is 11.7. The van der Waals surface area contributed by atoms with Crippen LogP contribution in [0.3, 0.4) is 0 Å². The Morgan fingerprint density at radius 3 is 2.33 bits per heavy atom. The number of Topliss-reactive ketones (excluding diaryl/α,β-unsaturated/α-hetero) is 1. The predicted octanol–water partition coefficient (Wildman–Crippen LogP) is 5.92. The number of aliphatic hydroxyl groups excluding tert-OH is 1. The number of amides is 1. The molecule has 3 aromatic carbocycles. The molecule has 0 saturated heterocycles. The molecule has 2 heterocycles. The van der Waals surface area contributed by atoms with Gasteiger partial charge in [-0.25, -0.2) is 4.98 Å². The van der Waals surface area contributed by atoms with Gasteiger partial charge in [0.2, 0.25) is 5.78 Å². The summed E-state index contributed by atoms with van der Waals surface area (Å²) in [5.74, 6) is -0.899. The first kappa shape index (κ1) is 26.3. The van der Waals surface area contributed by atoms with Crippen LogP contribution < -0.4 is 4.74 Å². The molecule has 0 saturated carbocycles. The number of carbonyl (C=O) groups is 2. The molecular formula is C31H28N2O5S. The number of ketones is 1. The van der Waals surface area contributed by atoms with Crippen LogP contribution in [0.25, 0.3) is 10.6 Å². The number of rotatable bonds is 10. The van der Waals surface area contributed by atoms with E-state index in [1.165, 1.54) is 16.2 Å². The molecule has 0 aliphatic carbocycles. The lowest BCUT2D eigenvalue weighted by Crippen LogP contribution is -2.34. The van der Waals surface area contributed by atoms with Gasteiger partial charge < -0.3 is 19.5 Å². The predicted molar refractivity (Wildman–Crippen MR) is 150 cm³/mol. The molecule has 0 radical (unpaired) electrons. The van der Waals surface area contributed by atoms with Crippen LogP contribution in [0.15, 0.2) is 96.3 Å². The molecule has 1 aliphatic rings.